The maximum absolute atomic E-state index is 10.1. The van der Waals surface area contributed by atoms with Gasteiger partial charge in [-0.15, -0.1) is 0 Å². The number of methoxy groups -OCH3 is 1. The lowest BCUT2D eigenvalue weighted by Crippen LogP contribution is -2.43. The molecule has 0 fully saturated rings. The van der Waals surface area contributed by atoms with Crippen molar-refractivity contribution in [1.82, 2.24) is 4.90 Å². The predicted molar refractivity (Wildman–Crippen MR) is 102 cm³/mol. The third kappa shape index (κ3) is 3.88. The predicted octanol–water partition coefficient (Wildman–Crippen LogP) is 4.00. The van der Waals surface area contributed by atoms with E-state index in [0.29, 0.717) is 6.04 Å². The van der Waals surface area contributed by atoms with E-state index < -0.39 is 0 Å². The molecule has 3 rings (SSSR count). The van der Waals surface area contributed by atoms with Gasteiger partial charge in [-0.25, -0.2) is 0 Å². The monoisotopic (exact) mass is 339 g/mol. The molecular weight excluding hydrogens is 310 g/mol. The van der Waals surface area contributed by atoms with Gasteiger partial charge in [0, 0.05) is 6.04 Å². The highest BCUT2D eigenvalue weighted by Crippen LogP contribution is 2.34. The molecule has 1 N–H and O–H groups in total. The van der Waals surface area contributed by atoms with Crippen molar-refractivity contribution in [2.24, 2.45) is 0 Å². The number of hydrogen-bond acceptors (Lipinski definition) is 3. The summed E-state index contributed by atoms with van der Waals surface area (Å²) in [5, 5.41) is 10.1. The summed E-state index contributed by atoms with van der Waals surface area (Å²) in [5.41, 5.74) is 3.95. The van der Waals surface area contributed by atoms with Crippen LogP contribution in [-0.2, 0) is 12.8 Å². The molecule has 0 aliphatic heterocycles. The molecule has 0 heterocycles. The number of fused-ring (bicyclic) bond motifs is 1. The van der Waals surface area contributed by atoms with Gasteiger partial charge >= 0.3 is 0 Å². The number of benzene rings is 2. The molecule has 3 heteroatoms. The summed E-state index contributed by atoms with van der Waals surface area (Å²) in [4.78, 5) is 2.51. The van der Waals surface area contributed by atoms with E-state index in [-0.39, 0.29) is 12.6 Å². The second kappa shape index (κ2) is 8.50. The number of aliphatic hydroxyl groups excluding tert-OH is 1. The Labute approximate surface area is 151 Å². The lowest BCUT2D eigenvalue weighted by Gasteiger charge is -2.40. The standard InChI is InChI=1S/C22H29NO2/c1-3-14-23(21(16-24)17-8-5-4-6-9-17)19-12-13-20-18(15-19)10-7-11-22(20)25-2/h4-11,19,21,24H,3,12-16H2,1-2H3/t19-,21?/m0/s1. The highest BCUT2D eigenvalue weighted by Gasteiger charge is 2.30. The fourth-order valence-corrected chi connectivity index (χ4v) is 4.16. The molecular formula is C22H29NO2. The maximum atomic E-state index is 10.1. The van der Waals surface area contributed by atoms with Crippen molar-refractivity contribution in [2.45, 2.75) is 44.7 Å². The van der Waals surface area contributed by atoms with Gasteiger partial charge in [0.2, 0.25) is 0 Å². The molecule has 0 aromatic heterocycles. The Bertz CT molecular complexity index is 671. The third-order valence-corrected chi connectivity index (χ3v) is 5.34. The van der Waals surface area contributed by atoms with Crippen molar-refractivity contribution in [1.29, 1.82) is 0 Å². The van der Waals surface area contributed by atoms with Crippen LogP contribution in [0.15, 0.2) is 48.5 Å². The van der Waals surface area contributed by atoms with Gasteiger partial charge in [-0.05, 0) is 55.0 Å². The fourth-order valence-electron chi connectivity index (χ4n) is 4.16. The molecule has 2 aromatic rings. The zero-order chi connectivity index (χ0) is 17.6. The molecule has 25 heavy (non-hydrogen) atoms. The number of ether oxygens (including phenoxy) is 1. The first-order valence-electron chi connectivity index (χ1n) is 9.34. The summed E-state index contributed by atoms with van der Waals surface area (Å²) >= 11 is 0. The summed E-state index contributed by atoms with van der Waals surface area (Å²) in [6.07, 6.45) is 4.26. The van der Waals surface area contributed by atoms with Gasteiger partial charge < -0.3 is 9.84 Å². The first kappa shape index (κ1) is 18.0. The van der Waals surface area contributed by atoms with E-state index in [9.17, 15) is 5.11 Å². The molecule has 0 amide bonds. The number of nitrogens with zero attached hydrogens (tertiary/aromatic N) is 1. The summed E-state index contributed by atoms with van der Waals surface area (Å²) < 4.78 is 5.54. The molecule has 1 aliphatic rings. The molecule has 2 atom stereocenters. The molecule has 3 nitrogen and oxygen atoms in total. The maximum Gasteiger partial charge on any atom is 0.122 e. The van der Waals surface area contributed by atoms with Crippen molar-refractivity contribution in [3.05, 3.63) is 65.2 Å². The molecule has 1 aliphatic carbocycles. The second-order valence-electron chi connectivity index (χ2n) is 6.84. The smallest absolute Gasteiger partial charge is 0.122 e. The van der Waals surface area contributed by atoms with E-state index in [1.807, 2.05) is 6.07 Å². The topological polar surface area (TPSA) is 32.7 Å². The average molecular weight is 339 g/mol. The van der Waals surface area contributed by atoms with Gasteiger partial charge in [-0.3, -0.25) is 4.90 Å². The third-order valence-electron chi connectivity index (χ3n) is 5.34. The summed E-state index contributed by atoms with van der Waals surface area (Å²) in [6.45, 7) is 3.38. The second-order valence-corrected chi connectivity index (χ2v) is 6.84. The normalized spacial score (nSPS) is 18.0. The largest absolute Gasteiger partial charge is 0.496 e. The van der Waals surface area contributed by atoms with E-state index >= 15 is 0 Å². The van der Waals surface area contributed by atoms with Gasteiger partial charge in [0.05, 0.1) is 19.8 Å². The van der Waals surface area contributed by atoms with E-state index in [0.717, 1.165) is 38.0 Å². The summed E-state index contributed by atoms with van der Waals surface area (Å²) in [5.74, 6) is 1.01. The van der Waals surface area contributed by atoms with E-state index in [1.54, 1.807) is 7.11 Å². The molecule has 134 valence electrons. The van der Waals surface area contributed by atoms with Crippen LogP contribution < -0.4 is 4.74 Å². The average Bonchev–Trinajstić information content (AvgIpc) is 2.67. The minimum Gasteiger partial charge on any atom is -0.496 e. The summed E-state index contributed by atoms with van der Waals surface area (Å²) in [7, 11) is 1.75. The van der Waals surface area contributed by atoms with Crippen molar-refractivity contribution < 1.29 is 9.84 Å². The minimum absolute atomic E-state index is 0.0679. The minimum atomic E-state index is 0.0679. The molecule has 0 saturated heterocycles. The van der Waals surface area contributed by atoms with Crippen molar-refractivity contribution in [3.8, 4) is 5.75 Å². The fraction of sp³-hybridized carbons (Fsp3) is 0.455. The van der Waals surface area contributed by atoms with Crippen LogP contribution in [0.5, 0.6) is 5.75 Å². The zero-order valence-electron chi connectivity index (χ0n) is 15.3. The SMILES string of the molecule is CCCN(C(CO)c1ccccc1)[C@H]1CCc2c(cccc2OC)C1. The van der Waals surface area contributed by atoms with Crippen molar-refractivity contribution in [2.75, 3.05) is 20.3 Å². The molecule has 0 bridgehead atoms. The summed E-state index contributed by atoms with van der Waals surface area (Å²) in [6, 6.07) is 17.3. The van der Waals surface area contributed by atoms with Gasteiger partial charge in [0.1, 0.15) is 5.75 Å². The lowest BCUT2D eigenvalue weighted by atomic mass is 9.85. The van der Waals surface area contributed by atoms with Gasteiger partial charge in [-0.2, -0.15) is 0 Å². The molecule has 0 spiro atoms. The molecule has 1 unspecified atom stereocenters. The van der Waals surface area contributed by atoms with Crippen LogP contribution in [0, 0.1) is 0 Å². The first-order chi connectivity index (χ1) is 12.3. The van der Waals surface area contributed by atoms with Crippen molar-refractivity contribution in [3.63, 3.8) is 0 Å². The number of rotatable bonds is 7. The van der Waals surface area contributed by atoms with Crippen LogP contribution in [0.4, 0.5) is 0 Å². The Kier molecular flexibility index (Phi) is 6.11. The lowest BCUT2D eigenvalue weighted by molar-refractivity contribution is 0.0746. The highest BCUT2D eigenvalue weighted by atomic mass is 16.5. The van der Waals surface area contributed by atoms with Gasteiger partial charge in [0.25, 0.3) is 0 Å². The highest BCUT2D eigenvalue weighted by molar-refractivity contribution is 5.42. The number of aliphatic hydroxyl groups is 1. The Hall–Kier alpha value is -1.84. The van der Waals surface area contributed by atoms with Crippen molar-refractivity contribution >= 4 is 0 Å². The van der Waals surface area contributed by atoms with Crippen LogP contribution in [0.2, 0.25) is 0 Å². The number of hydrogen-bond donors (Lipinski definition) is 1. The molecule has 0 radical (unpaired) electrons. The molecule has 0 saturated carbocycles. The van der Waals surface area contributed by atoms with Crippen LogP contribution in [-0.4, -0.2) is 36.3 Å². The van der Waals surface area contributed by atoms with Crippen LogP contribution in [0.25, 0.3) is 0 Å². The Morgan fingerprint density at radius 3 is 2.64 bits per heavy atom. The van der Waals surface area contributed by atoms with Crippen LogP contribution >= 0.6 is 0 Å². The Morgan fingerprint density at radius 1 is 1.16 bits per heavy atom. The molecule has 2 aromatic carbocycles. The van der Waals surface area contributed by atoms with Crippen LogP contribution in [0.1, 0.15) is 42.5 Å². The van der Waals surface area contributed by atoms with E-state index in [4.69, 9.17) is 4.74 Å². The first-order valence-corrected chi connectivity index (χ1v) is 9.34. The zero-order valence-corrected chi connectivity index (χ0v) is 15.3. The Balaban J connectivity index is 1.86. The van der Waals surface area contributed by atoms with Crippen LogP contribution in [0.3, 0.4) is 0 Å². The van der Waals surface area contributed by atoms with E-state index in [2.05, 4.69) is 54.3 Å². The van der Waals surface area contributed by atoms with E-state index in [1.165, 1.54) is 16.7 Å². The quantitative estimate of drug-likeness (QED) is 0.828. The van der Waals surface area contributed by atoms with Gasteiger partial charge in [-0.1, -0.05) is 49.4 Å². The Morgan fingerprint density at radius 2 is 1.96 bits per heavy atom. The van der Waals surface area contributed by atoms with Gasteiger partial charge in [0.15, 0.2) is 0 Å².